The van der Waals surface area contributed by atoms with Gasteiger partial charge in [-0.25, -0.2) is 4.98 Å². The SMILES string of the molecule is Cc1ccc(CN2Cc3cncn3C(COCc3cccnc3)C2)o1. The zero-order chi connectivity index (χ0) is 17.1. The molecule has 0 N–H and O–H groups in total. The molecule has 6 nitrogen and oxygen atoms in total. The third kappa shape index (κ3) is 3.81. The van der Waals surface area contributed by atoms with Gasteiger partial charge in [-0.05, 0) is 30.7 Å². The molecule has 25 heavy (non-hydrogen) atoms. The van der Waals surface area contributed by atoms with Crippen LogP contribution in [0.3, 0.4) is 0 Å². The van der Waals surface area contributed by atoms with Gasteiger partial charge in [0.05, 0.1) is 37.8 Å². The Balaban J connectivity index is 1.40. The van der Waals surface area contributed by atoms with Gasteiger partial charge < -0.3 is 13.7 Å². The van der Waals surface area contributed by atoms with Gasteiger partial charge >= 0.3 is 0 Å². The molecule has 3 aromatic rings. The number of hydrogen-bond donors (Lipinski definition) is 0. The quantitative estimate of drug-likeness (QED) is 0.692. The third-order valence-electron chi connectivity index (χ3n) is 4.47. The van der Waals surface area contributed by atoms with Gasteiger partial charge in [0, 0.05) is 31.7 Å². The zero-order valence-electron chi connectivity index (χ0n) is 14.3. The van der Waals surface area contributed by atoms with Gasteiger partial charge in [-0.15, -0.1) is 0 Å². The van der Waals surface area contributed by atoms with Gasteiger partial charge in [0.25, 0.3) is 0 Å². The Morgan fingerprint density at radius 2 is 2.20 bits per heavy atom. The number of nitrogens with zero attached hydrogens (tertiary/aromatic N) is 4. The van der Waals surface area contributed by atoms with E-state index in [0.29, 0.717) is 13.2 Å². The summed E-state index contributed by atoms with van der Waals surface area (Å²) in [4.78, 5) is 10.8. The summed E-state index contributed by atoms with van der Waals surface area (Å²) in [5.74, 6) is 1.95. The monoisotopic (exact) mass is 338 g/mol. The Labute approximate surface area is 147 Å². The molecule has 1 aliphatic rings. The number of aryl methyl sites for hydroxylation is 1. The standard InChI is InChI=1S/C19H22N4O2/c1-15-4-5-19(25-15)11-22-9-17-8-21-14-23(17)18(10-22)13-24-12-16-3-2-6-20-7-16/h2-8,14,18H,9-13H2,1H3. The molecule has 1 atom stereocenters. The first-order chi connectivity index (χ1) is 12.3. The molecule has 6 heteroatoms. The Bertz CT molecular complexity index is 812. The molecule has 0 saturated carbocycles. The minimum Gasteiger partial charge on any atom is -0.465 e. The first kappa shape index (κ1) is 16.1. The second-order valence-corrected chi connectivity index (χ2v) is 6.50. The summed E-state index contributed by atoms with van der Waals surface area (Å²) in [5, 5.41) is 0. The molecule has 130 valence electrons. The van der Waals surface area contributed by atoms with Crippen LogP contribution in [0.4, 0.5) is 0 Å². The molecule has 0 amide bonds. The lowest BCUT2D eigenvalue weighted by Crippen LogP contribution is -2.38. The fourth-order valence-electron chi connectivity index (χ4n) is 3.30. The molecule has 3 aromatic heterocycles. The highest BCUT2D eigenvalue weighted by Gasteiger charge is 2.25. The van der Waals surface area contributed by atoms with Gasteiger partial charge in [0.2, 0.25) is 0 Å². The van der Waals surface area contributed by atoms with Crippen molar-refractivity contribution in [2.75, 3.05) is 13.2 Å². The smallest absolute Gasteiger partial charge is 0.118 e. The van der Waals surface area contributed by atoms with Crippen LogP contribution in [0.1, 0.15) is 28.8 Å². The van der Waals surface area contributed by atoms with Gasteiger partial charge in [0.1, 0.15) is 11.5 Å². The highest BCUT2D eigenvalue weighted by Crippen LogP contribution is 2.23. The average Bonchev–Trinajstić information content (AvgIpc) is 3.25. The number of fused-ring (bicyclic) bond motifs is 1. The third-order valence-corrected chi connectivity index (χ3v) is 4.47. The second-order valence-electron chi connectivity index (χ2n) is 6.50. The lowest BCUT2D eigenvalue weighted by Gasteiger charge is -2.33. The van der Waals surface area contributed by atoms with Crippen molar-refractivity contribution in [1.82, 2.24) is 19.4 Å². The van der Waals surface area contributed by atoms with Crippen LogP contribution in [-0.4, -0.2) is 32.6 Å². The van der Waals surface area contributed by atoms with E-state index in [0.717, 1.165) is 36.7 Å². The number of ether oxygens (including phenoxy) is 1. The number of imidazole rings is 1. The Hall–Kier alpha value is -2.44. The van der Waals surface area contributed by atoms with Gasteiger partial charge in [0.15, 0.2) is 0 Å². The van der Waals surface area contributed by atoms with E-state index in [4.69, 9.17) is 9.15 Å². The molecule has 0 aromatic carbocycles. The van der Waals surface area contributed by atoms with Crippen LogP contribution >= 0.6 is 0 Å². The molecule has 0 radical (unpaired) electrons. The van der Waals surface area contributed by atoms with Crippen LogP contribution in [0.2, 0.25) is 0 Å². The Kier molecular flexibility index (Phi) is 4.63. The second kappa shape index (κ2) is 7.21. The predicted octanol–water partition coefficient (Wildman–Crippen LogP) is 2.95. The largest absolute Gasteiger partial charge is 0.465 e. The summed E-state index contributed by atoms with van der Waals surface area (Å²) < 4.78 is 13.9. The lowest BCUT2D eigenvalue weighted by atomic mass is 10.2. The highest BCUT2D eigenvalue weighted by molar-refractivity contribution is 5.09. The maximum atomic E-state index is 5.95. The van der Waals surface area contributed by atoms with Crippen molar-refractivity contribution in [2.45, 2.75) is 32.7 Å². The maximum absolute atomic E-state index is 5.95. The molecule has 0 aliphatic carbocycles. The summed E-state index contributed by atoms with van der Waals surface area (Å²) in [5.41, 5.74) is 2.30. The summed E-state index contributed by atoms with van der Waals surface area (Å²) in [7, 11) is 0. The van der Waals surface area contributed by atoms with E-state index in [1.807, 2.05) is 43.8 Å². The molecular weight excluding hydrogens is 316 g/mol. The minimum atomic E-state index is 0.249. The van der Waals surface area contributed by atoms with Gasteiger partial charge in [-0.2, -0.15) is 0 Å². The van der Waals surface area contributed by atoms with Crippen molar-refractivity contribution in [3.05, 3.63) is 72.0 Å². The molecule has 1 unspecified atom stereocenters. The number of pyridine rings is 1. The fraction of sp³-hybridized carbons (Fsp3) is 0.368. The molecule has 4 heterocycles. The number of furan rings is 1. The summed E-state index contributed by atoms with van der Waals surface area (Å²) in [6.45, 7) is 5.79. The topological polar surface area (TPSA) is 56.3 Å². The van der Waals surface area contributed by atoms with E-state index < -0.39 is 0 Å². The first-order valence-electron chi connectivity index (χ1n) is 8.53. The van der Waals surface area contributed by atoms with Crippen molar-refractivity contribution in [1.29, 1.82) is 0 Å². The molecule has 0 saturated heterocycles. The maximum Gasteiger partial charge on any atom is 0.118 e. The van der Waals surface area contributed by atoms with Crippen molar-refractivity contribution in [3.8, 4) is 0 Å². The van der Waals surface area contributed by atoms with Crippen LogP contribution in [0.15, 0.2) is 53.6 Å². The predicted molar refractivity (Wildman–Crippen MR) is 92.7 cm³/mol. The number of aromatic nitrogens is 3. The van der Waals surface area contributed by atoms with Crippen molar-refractivity contribution in [3.63, 3.8) is 0 Å². The van der Waals surface area contributed by atoms with Gasteiger partial charge in [-0.1, -0.05) is 6.07 Å². The van der Waals surface area contributed by atoms with E-state index in [1.54, 1.807) is 6.20 Å². The lowest BCUT2D eigenvalue weighted by molar-refractivity contribution is 0.0568. The Morgan fingerprint density at radius 3 is 3.00 bits per heavy atom. The number of rotatable bonds is 6. The molecule has 0 bridgehead atoms. The zero-order valence-corrected chi connectivity index (χ0v) is 14.3. The molecular formula is C19H22N4O2. The van der Waals surface area contributed by atoms with Crippen molar-refractivity contribution in [2.24, 2.45) is 0 Å². The highest BCUT2D eigenvalue weighted by atomic mass is 16.5. The average molecular weight is 338 g/mol. The van der Waals surface area contributed by atoms with Crippen LogP contribution in [0.25, 0.3) is 0 Å². The van der Waals surface area contributed by atoms with E-state index in [2.05, 4.69) is 25.5 Å². The van der Waals surface area contributed by atoms with Crippen LogP contribution in [0.5, 0.6) is 0 Å². The Morgan fingerprint density at radius 1 is 1.24 bits per heavy atom. The van der Waals surface area contributed by atoms with E-state index in [-0.39, 0.29) is 6.04 Å². The normalized spacial score (nSPS) is 17.6. The van der Waals surface area contributed by atoms with E-state index in [1.165, 1.54) is 5.69 Å². The van der Waals surface area contributed by atoms with Gasteiger partial charge in [-0.3, -0.25) is 9.88 Å². The van der Waals surface area contributed by atoms with Crippen molar-refractivity contribution < 1.29 is 9.15 Å². The van der Waals surface area contributed by atoms with Crippen LogP contribution in [0, 0.1) is 6.92 Å². The summed E-state index contributed by atoms with van der Waals surface area (Å²) in [6, 6.07) is 8.27. The van der Waals surface area contributed by atoms with E-state index in [9.17, 15) is 0 Å². The van der Waals surface area contributed by atoms with Crippen LogP contribution < -0.4 is 0 Å². The summed E-state index contributed by atoms with van der Waals surface area (Å²) >= 11 is 0. The molecule has 1 aliphatic heterocycles. The molecule has 0 spiro atoms. The fourth-order valence-corrected chi connectivity index (χ4v) is 3.30. The van der Waals surface area contributed by atoms with Crippen molar-refractivity contribution >= 4 is 0 Å². The van der Waals surface area contributed by atoms with E-state index >= 15 is 0 Å². The minimum absolute atomic E-state index is 0.249. The molecule has 0 fully saturated rings. The number of hydrogen-bond acceptors (Lipinski definition) is 5. The van der Waals surface area contributed by atoms with Crippen LogP contribution in [-0.2, 0) is 24.4 Å². The molecule has 4 rings (SSSR count). The summed E-state index contributed by atoms with van der Waals surface area (Å²) in [6.07, 6.45) is 7.46. The first-order valence-corrected chi connectivity index (χ1v) is 8.53.